The first-order valence-corrected chi connectivity index (χ1v) is 6.09. The molecule has 0 aliphatic carbocycles. The molecule has 0 spiro atoms. The molecule has 2 N–H and O–H groups in total. The molecule has 1 aromatic rings. The van der Waals surface area contributed by atoms with Crippen LogP contribution in [0.15, 0.2) is 24.3 Å². The summed E-state index contributed by atoms with van der Waals surface area (Å²) in [7, 11) is 0. The van der Waals surface area contributed by atoms with Crippen molar-refractivity contribution < 1.29 is 18.0 Å². The van der Waals surface area contributed by atoms with Crippen LogP contribution in [0.4, 0.5) is 18.9 Å². The predicted octanol–water partition coefficient (Wildman–Crippen LogP) is 2.68. The number of amides is 1. The van der Waals surface area contributed by atoms with Crippen LogP contribution in [0.1, 0.15) is 23.2 Å². The average Bonchev–Trinajstić information content (AvgIpc) is 2.38. The summed E-state index contributed by atoms with van der Waals surface area (Å²) in [6.45, 7) is 0.114. The number of piperidine rings is 1. The highest BCUT2D eigenvalue weighted by atomic mass is 19.4. The van der Waals surface area contributed by atoms with Gasteiger partial charge in [0.2, 0.25) is 0 Å². The van der Waals surface area contributed by atoms with Crippen LogP contribution in [0.25, 0.3) is 0 Å². The second-order valence-corrected chi connectivity index (χ2v) is 4.75. The maximum Gasteiger partial charge on any atom is 0.393 e. The largest absolute Gasteiger partial charge is 0.399 e. The van der Waals surface area contributed by atoms with Crippen molar-refractivity contribution in [3.8, 4) is 0 Å². The van der Waals surface area contributed by atoms with Crippen molar-refractivity contribution in [2.24, 2.45) is 5.92 Å². The molecule has 104 valence electrons. The molecular weight excluding hydrogens is 257 g/mol. The Kier molecular flexibility index (Phi) is 3.68. The standard InChI is InChI=1S/C13H15F3N2O/c14-13(15,16)10-2-1-7-18(8-10)12(19)9-3-5-11(17)6-4-9/h3-6,10H,1-2,7-8,17H2. The Hall–Kier alpha value is -1.72. The third kappa shape index (κ3) is 3.19. The Labute approximate surface area is 109 Å². The molecule has 0 bridgehead atoms. The molecule has 0 radical (unpaired) electrons. The van der Waals surface area contributed by atoms with Crippen molar-refractivity contribution in [3.05, 3.63) is 29.8 Å². The zero-order chi connectivity index (χ0) is 14.0. The number of benzene rings is 1. The van der Waals surface area contributed by atoms with Crippen molar-refractivity contribution >= 4 is 11.6 Å². The highest BCUT2D eigenvalue weighted by Crippen LogP contribution is 2.33. The number of hydrogen-bond donors (Lipinski definition) is 1. The first kappa shape index (κ1) is 13.7. The van der Waals surface area contributed by atoms with Crippen molar-refractivity contribution in [1.82, 2.24) is 4.90 Å². The molecule has 0 aromatic heterocycles. The van der Waals surface area contributed by atoms with Crippen molar-refractivity contribution in [1.29, 1.82) is 0 Å². The quantitative estimate of drug-likeness (QED) is 0.799. The highest BCUT2D eigenvalue weighted by molar-refractivity contribution is 5.94. The summed E-state index contributed by atoms with van der Waals surface area (Å²) in [4.78, 5) is 13.4. The maximum atomic E-state index is 12.7. The van der Waals surface area contributed by atoms with E-state index in [-0.39, 0.29) is 18.9 Å². The first-order chi connectivity index (χ1) is 8.88. The Bertz CT molecular complexity index is 456. The third-order valence-electron chi connectivity index (χ3n) is 3.33. The number of carbonyl (C=O) groups is 1. The fourth-order valence-electron chi connectivity index (χ4n) is 2.24. The van der Waals surface area contributed by atoms with Gasteiger partial charge in [-0.1, -0.05) is 0 Å². The van der Waals surface area contributed by atoms with E-state index < -0.39 is 12.1 Å². The molecule has 1 amide bonds. The number of likely N-dealkylation sites (tertiary alicyclic amines) is 1. The van der Waals surface area contributed by atoms with E-state index in [4.69, 9.17) is 5.73 Å². The van der Waals surface area contributed by atoms with Gasteiger partial charge in [-0.15, -0.1) is 0 Å². The minimum absolute atomic E-state index is 0.0923. The Balaban J connectivity index is 2.09. The van der Waals surface area contributed by atoms with E-state index in [1.165, 1.54) is 17.0 Å². The number of anilines is 1. The molecule has 1 aliphatic rings. The number of hydrogen-bond acceptors (Lipinski definition) is 2. The lowest BCUT2D eigenvalue weighted by Gasteiger charge is -2.33. The van der Waals surface area contributed by atoms with Gasteiger partial charge in [0.1, 0.15) is 0 Å². The second kappa shape index (κ2) is 5.11. The van der Waals surface area contributed by atoms with Gasteiger partial charge in [0, 0.05) is 24.3 Å². The summed E-state index contributed by atoms with van der Waals surface area (Å²) < 4.78 is 38.0. The number of nitrogens with two attached hydrogens (primary N) is 1. The molecule has 1 unspecified atom stereocenters. The molecule has 1 atom stereocenters. The lowest BCUT2D eigenvalue weighted by atomic mass is 9.97. The van der Waals surface area contributed by atoms with E-state index in [2.05, 4.69) is 0 Å². The SMILES string of the molecule is Nc1ccc(C(=O)N2CCCC(C(F)(F)F)C2)cc1. The van der Waals surface area contributed by atoms with Crippen LogP contribution < -0.4 is 5.73 Å². The lowest BCUT2D eigenvalue weighted by Crippen LogP contribution is -2.44. The summed E-state index contributed by atoms with van der Waals surface area (Å²) in [5.74, 6) is -1.78. The van der Waals surface area contributed by atoms with Gasteiger partial charge in [-0.3, -0.25) is 4.79 Å². The molecule has 0 saturated carbocycles. The van der Waals surface area contributed by atoms with Crippen LogP contribution in [-0.4, -0.2) is 30.1 Å². The molecule has 1 saturated heterocycles. The van der Waals surface area contributed by atoms with E-state index >= 15 is 0 Å². The van der Waals surface area contributed by atoms with Crippen LogP contribution in [0, 0.1) is 5.92 Å². The van der Waals surface area contributed by atoms with Gasteiger partial charge in [-0.05, 0) is 37.1 Å². The van der Waals surface area contributed by atoms with Gasteiger partial charge in [-0.25, -0.2) is 0 Å². The second-order valence-electron chi connectivity index (χ2n) is 4.75. The fraction of sp³-hybridized carbons (Fsp3) is 0.462. The fourth-order valence-corrected chi connectivity index (χ4v) is 2.24. The minimum Gasteiger partial charge on any atom is -0.399 e. The van der Waals surface area contributed by atoms with Crippen LogP contribution in [0.5, 0.6) is 0 Å². The van der Waals surface area contributed by atoms with Crippen LogP contribution in [-0.2, 0) is 0 Å². The lowest BCUT2D eigenvalue weighted by molar-refractivity contribution is -0.184. The van der Waals surface area contributed by atoms with E-state index in [1.807, 2.05) is 0 Å². The summed E-state index contributed by atoms with van der Waals surface area (Å²) in [6, 6.07) is 6.21. The van der Waals surface area contributed by atoms with Gasteiger partial charge < -0.3 is 10.6 Å². The topological polar surface area (TPSA) is 46.3 Å². The first-order valence-electron chi connectivity index (χ1n) is 6.09. The van der Waals surface area contributed by atoms with E-state index in [0.717, 1.165) is 0 Å². The van der Waals surface area contributed by atoms with Gasteiger partial charge in [-0.2, -0.15) is 13.2 Å². The molecule has 6 heteroatoms. The Morgan fingerprint density at radius 2 is 1.89 bits per heavy atom. The normalized spacial score (nSPS) is 20.4. The molecule has 19 heavy (non-hydrogen) atoms. The molecule has 1 aliphatic heterocycles. The van der Waals surface area contributed by atoms with Gasteiger partial charge >= 0.3 is 6.18 Å². The number of alkyl halides is 3. The molecule has 1 heterocycles. The van der Waals surface area contributed by atoms with Gasteiger partial charge in [0.15, 0.2) is 0 Å². The van der Waals surface area contributed by atoms with E-state index in [0.29, 0.717) is 24.2 Å². The van der Waals surface area contributed by atoms with Gasteiger partial charge in [0.25, 0.3) is 5.91 Å². The summed E-state index contributed by atoms with van der Waals surface area (Å²) in [5.41, 5.74) is 6.40. The summed E-state index contributed by atoms with van der Waals surface area (Å²) >= 11 is 0. The summed E-state index contributed by atoms with van der Waals surface area (Å²) in [5, 5.41) is 0. The van der Waals surface area contributed by atoms with Crippen LogP contribution in [0.2, 0.25) is 0 Å². The van der Waals surface area contributed by atoms with Crippen molar-refractivity contribution in [2.75, 3.05) is 18.8 Å². The monoisotopic (exact) mass is 272 g/mol. The summed E-state index contributed by atoms with van der Waals surface area (Å²) in [6.07, 6.45) is -3.76. The van der Waals surface area contributed by atoms with Crippen molar-refractivity contribution in [3.63, 3.8) is 0 Å². The highest BCUT2D eigenvalue weighted by Gasteiger charge is 2.42. The molecule has 3 nitrogen and oxygen atoms in total. The maximum absolute atomic E-state index is 12.7. The number of nitrogens with zero attached hydrogens (tertiary/aromatic N) is 1. The van der Waals surface area contributed by atoms with E-state index in [9.17, 15) is 18.0 Å². The zero-order valence-corrected chi connectivity index (χ0v) is 10.3. The molecule has 2 rings (SSSR count). The number of halogens is 3. The third-order valence-corrected chi connectivity index (χ3v) is 3.33. The average molecular weight is 272 g/mol. The molecule has 1 aromatic carbocycles. The van der Waals surface area contributed by atoms with Crippen LogP contribution >= 0.6 is 0 Å². The Morgan fingerprint density at radius 1 is 1.26 bits per heavy atom. The number of nitrogen functional groups attached to an aromatic ring is 1. The van der Waals surface area contributed by atoms with Crippen LogP contribution in [0.3, 0.4) is 0 Å². The predicted molar refractivity (Wildman–Crippen MR) is 65.5 cm³/mol. The minimum atomic E-state index is -4.24. The number of carbonyl (C=O) groups excluding carboxylic acids is 1. The number of rotatable bonds is 1. The van der Waals surface area contributed by atoms with Crippen molar-refractivity contribution in [2.45, 2.75) is 19.0 Å². The smallest absolute Gasteiger partial charge is 0.393 e. The molecular formula is C13H15F3N2O. The Morgan fingerprint density at radius 3 is 2.47 bits per heavy atom. The molecule has 1 fully saturated rings. The van der Waals surface area contributed by atoms with Gasteiger partial charge in [0.05, 0.1) is 5.92 Å². The zero-order valence-electron chi connectivity index (χ0n) is 10.3. The van der Waals surface area contributed by atoms with E-state index in [1.54, 1.807) is 12.1 Å².